The normalized spacial score (nSPS) is 10.8. The molecule has 8 heteroatoms. The summed E-state index contributed by atoms with van der Waals surface area (Å²) in [6.07, 6.45) is 1.28. The van der Waals surface area contributed by atoms with E-state index in [1.807, 2.05) is 13.0 Å². The van der Waals surface area contributed by atoms with E-state index in [2.05, 4.69) is 10.6 Å². The Morgan fingerprint density at radius 3 is 2.50 bits per heavy atom. The first-order chi connectivity index (χ1) is 12.3. The minimum absolute atomic E-state index is 0.148. The van der Waals surface area contributed by atoms with E-state index in [9.17, 15) is 10.1 Å². The van der Waals surface area contributed by atoms with Crippen LogP contribution in [0.1, 0.15) is 5.56 Å². The molecule has 0 fully saturated rings. The summed E-state index contributed by atoms with van der Waals surface area (Å²) < 4.78 is 5.24. The van der Waals surface area contributed by atoms with E-state index in [1.165, 1.54) is 19.4 Å². The maximum atomic E-state index is 12.3. The van der Waals surface area contributed by atoms with Crippen LogP contribution in [0.25, 0.3) is 0 Å². The van der Waals surface area contributed by atoms with E-state index in [1.54, 1.807) is 24.3 Å². The van der Waals surface area contributed by atoms with Gasteiger partial charge in [0.25, 0.3) is 5.91 Å². The molecule has 0 aromatic heterocycles. The Bertz CT molecular complexity index is 921. The number of methoxy groups -OCH3 is 1. The number of carbonyl (C=O) groups is 1. The number of hydrogen-bond donors (Lipinski definition) is 2. The zero-order valence-electron chi connectivity index (χ0n) is 13.9. The first-order valence-electron chi connectivity index (χ1n) is 7.33. The van der Waals surface area contributed by atoms with Gasteiger partial charge in [0.1, 0.15) is 17.4 Å². The number of nitriles is 1. The second-order valence-electron chi connectivity index (χ2n) is 5.19. The first-order valence-corrected chi connectivity index (χ1v) is 8.46. The molecule has 0 atom stereocenters. The number of amides is 1. The molecule has 0 saturated heterocycles. The van der Waals surface area contributed by atoms with E-state index >= 15 is 0 Å². The lowest BCUT2D eigenvalue weighted by Crippen LogP contribution is -2.15. The van der Waals surface area contributed by atoms with Crippen molar-refractivity contribution >= 4 is 52.1 Å². The van der Waals surface area contributed by atoms with Gasteiger partial charge in [-0.3, -0.25) is 4.79 Å². The van der Waals surface area contributed by atoms with Crippen molar-refractivity contribution in [3.63, 3.8) is 0 Å². The molecule has 0 aliphatic rings. The van der Waals surface area contributed by atoms with Gasteiger partial charge < -0.3 is 15.4 Å². The van der Waals surface area contributed by atoms with Gasteiger partial charge in [-0.05, 0) is 36.8 Å². The number of hydrogen-bond acceptors (Lipinski definition) is 4. The van der Waals surface area contributed by atoms with Crippen LogP contribution < -0.4 is 15.4 Å². The molecule has 2 rings (SSSR count). The highest BCUT2D eigenvalue weighted by atomic mass is 35.5. The number of benzene rings is 2. The number of nitrogens with one attached hydrogen (secondary N) is 2. The summed E-state index contributed by atoms with van der Waals surface area (Å²) in [6, 6.07) is 9.86. The Morgan fingerprint density at radius 2 is 1.88 bits per heavy atom. The molecule has 2 aromatic rings. The van der Waals surface area contributed by atoms with Crippen LogP contribution in [-0.2, 0) is 4.79 Å². The van der Waals surface area contributed by atoms with Crippen LogP contribution in [0, 0.1) is 18.3 Å². The maximum Gasteiger partial charge on any atom is 0.267 e. The minimum atomic E-state index is -0.617. The van der Waals surface area contributed by atoms with E-state index < -0.39 is 5.91 Å². The molecule has 2 N–H and O–H groups in total. The number of nitrogens with zero attached hydrogens (tertiary/aromatic N) is 1. The van der Waals surface area contributed by atoms with Crippen molar-refractivity contribution in [2.75, 3.05) is 17.7 Å². The molecule has 0 unspecified atom stereocenters. The van der Waals surface area contributed by atoms with E-state index in [-0.39, 0.29) is 10.6 Å². The molecule has 0 heterocycles. The molecule has 0 aliphatic carbocycles. The van der Waals surface area contributed by atoms with Gasteiger partial charge in [-0.15, -0.1) is 0 Å². The molecule has 0 bridgehead atoms. The van der Waals surface area contributed by atoms with Crippen LogP contribution in [0.2, 0.25) is 15.1 Å². The number of halogens is 3. The molecule has 0 aliphatic heterocycles. The van der Waals surface area contributed by atoms with Crippen molar-refractivity contribution in [1.82, 2.24) is 0 Å². The van der Waals surface area contributed by atoms with Crippen molar-refractivity contribution in [1.29, 1.82) is 5.26 Å². The Balaban J connectivity index is 2.21. The zero-order valence-corrected chi connectivity index (χ0v) is 16.1. The lowest BCUT2D eigenvalue weighted by Gasteiger charge is -2.11. The molecule has 0 radical (unpaired) electrons. The summed E-state index contributed by atoms with van der Waals surface area (Å²) in [7, 11) is 1.50. The van der Waals surface area contributed by atoms with E-state index in [0.29, 0.717) is 27.2 Å². The van der Waals surface area contributed by atoms with Gasteiger partial charge in [-0.2, -0.15) is 5.26 Å². The van der Waals surface area contributed by atoms with Crippen LogP contribution in [0.15, 0.2) is 42.1 Å². The largest absolute Gasteiger partial charge is 0.495 e. The summed E-state index contributed by atoms with van der Waals surface area (Å²) in [4.78, 5) is 12.3. The van der Waals surface area contributed by atoms with Crippen molar-refractivity contribution < 1.29 is 9.53 Å². The van der Waals surface area contributed by atoms with Crippen LogP contribution in [0.3, 0.4) is 0 Å². The number of ether oxygens (including phenoxy) is 1. The van der Waals surface area contributed by atoms with Crippen molar-refractivity contribution in [3.8, 4) is 11.8 Å². The highest BCUT2D eigenvalue weighted by molar-refractivity contribution is 6.36. The molecule has 26 heavy (non-hydrogen) atoms. The average molecular weight is 411 g/mol. The minimum Gasteiger partial charge on any atom is -0.495 e. The molecule has 2 aromatic carbocycles. The fourth-order valence-corrected chi connectivity index (χ4v) is 2.63. The Labute approximate surface area is 166 Å². The fourth-order valence-electron chi connectivity index (χ4n) is 2.02. The van der Waals surface area contributed by atoms with Crippen LogP contribution in [-0.4, -0.2) is 13.0 Å². The molecule has 0 spiro atoms. The molecular formula is C18H14Cl3N3O2. The second kappa shape index (κ2) is 8.81. The molecule has 5 nitrogen and oxygen atoms in total. The van der Waals surface area contributed by atoms with Gasteiger partial charge in [-0.1, -0.05) is 34.8 Å². The van der Waals surface area contributed by atoms with Gasteiger partial charge in [0.15, 0.2) is 0 Å². The summed E-state index contributed by atoms with van der Waals surface area (Å²) in [6.45, 7) is 1.83. The van der Waals surface area contributed by atoms with E-state index in [4.69, 9.17) is 39.5 Å². The van der Waals surface area contributed by atoms with Gasteiger partial charge in [0.2, 0.25) is 0 Å². The quantitative estimate of drug-likeness (QED) is 0.510. The highest BCUT2D eigenvalue weighted by Gasteiger charge is 2.13. The zero-order chi connectivity index (χ0) is 19.3. The Hall–Kier alpha value is -2.39. The predicted molar refractivity (Wildman–Crippen MR) is 105 cm³/mol. The first kappa shape index (κ1) is 19.9. The monoisotopic (exact) mass is 409 g/mol. The van der Waals surface area contributed by atoms with Crippen molar-refractivity contribution in [3.05, 3.63) is 62.7 Å². The van der Waals surface area contributed by atoms with Crippen LogP contribution >= 0.6 is 34.8 Å². The van der Waals surface area contributed by atoms with Crippen molar-refractivity contribution in [2.24, 2.45) is 0 Å². The highest BCUT2D eigenvalue weighted by Crippen LogP contribution is 2.31. The van der Waals surface area contributed by atoms with E-state index in [0.717, 1.165) is 5.56 Å². The summed E-state index contributed by atoms with van der Waals surface area (Å²) >= 11 is 17.9. The van der Waals surface area contributed by atoms with Crippen molar-refractivity contribution in [2.45, 2.75) is 6.92 Å². The standard InChI is InChI=1S/C18H14Cl3N3O2/c1-10-5-16(17(26-2)7-13(10)20)23-9-11(8-22)18(25)24-15-4-3-12(19)6-14(15)21/h3-7,9,23H,1-2H3,(H,24,25)/b11-9-. The number of rotatable bonds is 5. The third-order valence-corrected chi connectivity index (χ3v) is 4.35. The van der Waals surface area contributed by atoms with Gasteiger partial charge >= 0.3 is 0 Å². The maximum absolute atomic E-state index is 12.3. The fraction of sp³-hybridized carbons (Fsp3) is 0.111. The molecule has 1 amide bonds. The third kappa shape index (κ3) is 4.83. The summed E-state index contributed by atoms with van der Waals surface area (Å²) in [5.41, 5.74) is 1.59. The topological polar surface area (TPSA) is 74.1 Å². The summed E-state index contributed by atoms with van der Waals surface area (Å²) in [5, 5.41) is 16.0. The smallest absolute Gasteiger partial charge is 0.267 e. The number of anilines is 2. The van der Waals surface area contributed by atoms with Gasteiger partial charge in [0.05, 0.1) is 23.5 Å². The van der Waals surface area contributed by atoms with Crippen LogP contribution in [0.5, 0.6) is 5.75 Å². The molecular weight excluding hydrogens is 397 g/mol. The third-order valence-electron chi connectivity index (χ3n) is 3.40. The lowest BCUT2D eigenvalue weighted by atomic mass is 10.2. The van der Waals surface area contributed by atoms with Gasteiger partial charge in [-0.25, -0.2) is 0 Å². The Morgan fingerprint density at radius 1 is 1.15 bits per heavy atom. The predicted octanol–water partition coefficient (Wildman–Crippen LogP) is 5.42. The summed E-state index contributed by atoms with van der Waals surface area (Å²) in [5.74, 6) is -0.135. The molecule has 134 valence electrons. The number of carbonyl (C=O) groups excluding carboxylic acids is 1. The molecule has 0 saturated carbocycles. The number of aryl methyl sites for hydroxylation is 1. The van der Waals surface area contributed by atoms with Gasteiger partial charge in [0, 0.05) is 22.3 Å². The lowest BCUT2D eigenvalue weighted by molar-refractivity contribution is -0.112. The SMILES string of the molecule is COc1cc(Cl)c(C)cc1N/C=C(/C#N)C(=O)Nc1ccc(Cl)cc1Cl. The average Bonchev–Trinajstić information content (AvgIpc) is 2.60. The Kier molecular flexibility index (Phi) is 6.76. The second-order valence-corrected chi connectivity index (χ2v) is 6.44. The van der Waals surface area contributed by atoms with Crippen LogP contribution in [0.4, 0.5) is 11.4 Å².